The van der Waals surface area contributed by atoms with Crippen LogP contribution in [-0.4, -0.2) is 41.3 Å². The van der Waals surface area contributed by atoms with Crippen molar-refractivity contribution in [3.63, 3.8) is 0 Å². The molecule has 2 nitrogen and oxygen atoms in total. The molecule has 4 heteroatoms. The molecule has 1 aromatic rings. The second kappa shape index (κ2) is 6.57. The van der Waals surface area contributed by atoms with Crippen molar-refractivity contribution in [2.75, 3.05) is 24.6 Å². The monoisotopic (exact) mass is 269 g/mol. The average molecular weight is 269 g/mol. The van der Waals surface area contributed by atoms with E-state index in [9.17, 15) is 4.79 Å². The fraction of sp³-hybridized carbons (Fsp3) is 0.615. The Bertz CT molecular complexity index is 350. The second-order valence-corrected chi connectivity index (χ2v) is 6.56. The summed E-state index contributed by atoms with van der Waals surface area (Å²) in [7, 11) is 0. The van der Waals surface area contributed by atoms with Gasteiger partial charge in [-0.3, -0.25) is 9.69 Å². The van der Waals surface area contributed by atoms with Gasteiger partial charge in [-0.25, -0.2) is 0 Å². The molecule has 0 amide bonds. The van der Waals surface area contributed by atoms with E-state index in [-0.39, 0.29) is 0 Å². The maximum Gasteiger partial charge on any atom is 0.172 e. The van der Waals surface area contributed by atoms with Crippen LogP contribution in [0.4, 0.5) is 0 Å². The van der Waals surface area contributed by atoms with Crippen molar-refractivity contribution in [2.45, 2.75) is 25.8 Å². The number of carbonyl (C=O) groups excluding carboxylic acids is 1. The molecule has 1 fully saturated rings. The summed E-state index contributed by atoms with van der Waals surface area (Å²) in [6, 6.07) is 4.54. The van der Waals surface area contributed by atoms with Gasteiger partial charge in [-0.2, -0.15) is 11.8 Å². The van der Waals surface area contributed by atoms with Gasteiger partial charge >= 0.3 is 0 Å². The number of thioether (sulfide) groups is 1. The number of nitrogens with zero attached hydrogens (tertiary/aromatic N) is 1. The van der Waals surface area contributed by atoms with Crippen LogP contribution in [0.25, 0.3) is 0 Å². The molecule has 1 saturated heterocycles. The van der Waals surface area contributed by atoms with Crippen LogP contribution in [-0.2, 0) is 0 Å². The maximum absolute atomic E-state index is 11.8. The Balaban J connectivity index is 1.70. The van der Waals surface area contributed by atoms with E-state index in [0.29, 0.717) is 18.2 Å². The minimum absolute atomic E-state index is 0.305. The zero-order valence-corrected chi connectivity index (χ0v) is 11.9. The van der Waals surface area contributed by atoms with Gasteiger partial charge in [0.05, 0.1) is 4.88 Å². The molecule has 0 spiro atoms. The van der Waals surface area contributed by atoms with Gasteiger partial charge in [0.15, 0.2) is 5.78 Å². The van der Waals surface area contributed by atoms with E-state index in [2.05, 4.69) is 11.8 Å². The van der Waals surface area contributed by atoms with Crippen molar-refractivity contribution >= 4 is 28.9 Å². The van der Waals surface area contributed by atoms with Crippen LogP contribution in [0.15, 0.2) is 17.5 Å². The third-order valence-electron chi connectivity index (χ3n) is 3.15. The molecule has 0 aliphatic carbocycles. The third kappa shape index (κ3) is 3.83. The van der Waals surface area contributed by atoms with E-state index in [1.165, 1.54) is 18.1 Å². The Morgan fingerprint density at radius 2 is 2.47 bits per heavy atom. The number of carbonyl (C=O) groups is 1. The number of rotatable bonds is 5. The molecule has 2 heterocycles. The Morgan fingerprint density at radius 1 is 1.59 bits per heavy atom. The molecule has 17 heavy (non-hydrogen) atoms. The van der Waals surface area contributed by atoms with Crippen molar-refractivity contribution in [3.8, 4) is 0 Å². The molecular weight excluding hydrogens is 250 g/mol. The van der Waals surface area contributed by atoms with Gasteiger partial charge in [-0.15, -0.1) is 11.3 Å². The van der Waals surface area contributed by atoms with Crippen LogP contribution in [0, 0.1) is 0 Å². The minimum Gasteiger partial charge on any atom is -0.299 e. The van der Waals surface area contributed by atoms with E-state index in [1.54, 1.807) is 11.3 Å². The molecule has 94 valence electrons. The molecule has 0 aromatic carbocycles. The smallest absolute Gasteiger partial charge is 0.172 e. The Morgan fingerprint density at radius 3 is 3.18 bits per heavy atom. The lowest BCUT2D eigenvalue weighted by Crippen LogP contribution is -2.40. The van der Waals surface area contributed by atoms with Crippen LogP contribution in [0.1, 0.15) is 29.4 Å². The summed E-state index contributed by atoms with van der Waals surface area (Å²) in [6.45, 7) is 4.53. The predicted octanol–water partition coefficient (Wildman–Crippen LogP) is 3.15. The zero-order valence-electron chi connectivity index (χ0n) is 10.2. The standard InChI is InChI=1S/C13H19NOS2/c1-11-10-16-9-7-14(11)6-2-4-12(15)13-5-3-8-17-13/h3,5,8,11H,2,4,6-7,9-10H2,1H3. The van der Waals surface area contributed by atoms with Crippen LogP contribution in [0.2, 0.25) is 0 Å². The highest BCUT2D eigenvalue weighted by atomic mass is 32.2. The first-order chi connectivity index (χ1) is 8.27. The Kier molecular flexibility index (Phi) is 5.07. The Labute approximate surface area is 111 Å². The molecule has 0 bridgehead atoms. The lowest BCUT2D eigenvalue weighted by Gasteiger charge is -2.32. The van der Waals surface area contributed by atoms with Gasteiger partial charge in [-0.05, 0) is 31.3 Å². The summed E-state index contributed by atoms with van der Waals surface area (Å²) >= 11 is 3.59. The predicted molar refractivity (Wildman–Crippen MR) is 76.2 cm³/mol. The first-order valence-corrected chi connectivity index (χ1v) is 8.19. The van der Waals surface area contributed by atoms with Crippen LogP contribution >= 0.6 is 23.1 Å². The van der Waals surface area contributed by atoms with Crippen molar-refractivity contribution in [2.24, 2.45) is 0 Å². The normalized spacial score (nSPS) is 21.6. The van der Waals surface area contributed by atoms with Gasteiger partial charge < -0.3 is 0 Å². The molecule has 1 atom stereocenters. The SMILES string of the molecule is CC1CSCCN1CCCC(=O)c1cccs1. The van der Waals surface area contributed by atoms with E-state index >= 15 is 0 Å². The molecule has 0 N–H and O–H groups in total. The van der Waals surface area contributed by atoms with E-state index in [4.69, 9.17) is 0 Å². The Hall–Kier alpha value is -0.320. The molecular formula is C13H19NOS2. The first kappa shape index (κ1) is 13.1. The lowest BCUT2D eigenvalue weighted by atomic mass is 10.1. The summed E-state index contributed by atoms with van der Waals surface area (Å²) in [5.41, 5.74) is 0. The van der Waals surface area contributed by atoms with Crippen LogP contribution < -0.4 is 0 Å². The zero-order chi connectivity index (χ0) is 12.1. The van der Waals surface area contributed by atoms with Crippen molar-refractivity contribution in [1.29, 1.82) is 0 Å². The first-order valence-electron chi connectivity index (χ1n) is 6.16. The van der Waals surface area contributed by atoms with Gasteiger partial charge in [0.2, 0.25) is 0 Å². The topological polar surface area (TPSA) is 20.3 Å². The molecule has 1 aliphatic heterocycles. The number of hydrogen-bond acceptors (Lipinski definition) is 4. The largest absolute Gasteiger partial charge is 0.299 e. The summed E-state index contributed by atoms with van der Waals surface area (Å²) in [5, 5.41) is 1.97. The maximum atomic E-state index is 11.8. The number of thiophene rings is 1. The average Bonchev–Trinajstić information content (AvgIpc) is 2.85. The molecule has 1 aromatic heterocycles. The molecule has 1 aliphatic rings. The van der Waals surface area contributed by atoms with Crippen molar-refractivity contribution in [1.82, 2.24) is 4.90 Å². The molecule has 0 saturated carbocycles. The van der Waals surface area contributed by atoms with Crippen molar-refractivity contribution in [3.05, 3.63) is 22.4 Å². The lowest BCUT2D eigenvalue weighted by molar-refractivity contribution is 0.0976. The highest BCUT2D eigenvalue weighted by Gasteiger charge is 2.18. The van der Waals surface area contributed by atoms with E-state index < -0.39 is 0 Å². The minimum atomic E-state index is 0.305. The summed E-state index contributed by atoms with van der Waals surface area (Å²) in [6.07, 6.45) is 1.68. The second-order valence-electron chi connectivity index (χ2n) is 4.46. The van der Waals surface area contributed by atoms with Crippen LogP contribution in [0.5, 0.6) is 0 Å². The van der Waals surface area contributed by atoms with Crippen LogP contribution in [0.3, 0.4) is 0 Å². The number of ketones is 1. The van der Waals surface area contributed by atoms with Gasteiger partial charge in [0.1, 0.15) is 0 Å². The fourth-order valence-electron chi connectivity index (χ4n) is 2.10. The van der Waals surface area contributed by atoms with Gasteiger partial charge in [-0.1, -0.05) is 6.07 Å². The highest BCUT2D eigenvalue weighted by Crippen LogP contribution is 2.17. The van der Waals surface area contributed by atoms with Gasteiger partial charge in [0.25, 0.3) is 0 Å². The quantitative estimate of drug-likeness (QED) is 0.766. The van der Waals surface area contributed by atoms with E-state index in [0.717, 1.165) is 17.8 Å². The van der Waals surface area contributed by atoms with E-state index in [1.807, 2.05) is 29.3 Å². The molecule has 0 radical (unpaired) electrons. The molecule has 2 rings (SSSR count). The third-order valence-corrected chi connectivity index (χ3v) is 5.25. The molecule has 1 unspecified atom stereocenters. The fourth-order valence-corrected chi connectivity index (χ4v) is 3.87. The summed E-state index contributed by atoms with van der Waals surface area (Å²) < 4.78 is 0. The number of Topliss-reactive ketones (excluding diaryl/α,β-unsaturated/α-hetero) is 1. The van der Waals surface area contributed by atoms with Crippen molar-refractivity contribution < 1.29 is 4.79 Å². The highest BCUT2D eigenvalue weighted by molar-refractivity contribution is 7.99. The summed E-state index contributed by atoms with van der Waals surface area (Å²) in [5.74, 6) is 2.78. The summed E-state index contributed by atoms with van der Waals surface area (Å²) in [4.78, 5) is 15.2. The number of hydrogen-bond donors (Lipinski definition) is 0. The van der Waals surface area contributed by atoms with Gasteiger partial charge in [0, 0.05) is 30.5 Å².